The van der Waals surface area contributed by atoms with E-state index in [-0.39, 0.29) is 12.4 Å². The molecule has 0 radical (unpaired) electrons. The maximum Gasteiger partial charge on any atom is 0.0431 e. The molecule has 0 aliphatic heterocycles. The molecule has 0 aromatic rings. The van der Waals surface area contributed by atoms with E-state index in [0.717, 1.165) is 12.3 Å². The third-order valence-corrected chi connectivity index (χ3v) is 3.16. The van der Waals surface area contributed by atoms with E-state index in [0.29, 0.717) is 12.6 Å². The normalized spacial score (nSPS) is 27.0. The van der Waals surface area contributed by atoms with Crippen LogP contribution in [0.4, 0.5) is 0 Å². The summed E-state index contributed by atoms with van der Waals surface area (Å²) in [6.45, 7) is 0.357. The molecule has 14 heavy (non-hydrogen) atoms. The van der Waals surface area contributed by atoms with E-state index in [1.807, 2.05) is 0 Å². The number of hydrogen-bond donors (Lipinski definition) is 2. The molecule has 0 unspecified atom stereocenters. The Labute approximate surface area is 93.7 Å². The molecule has 0 aromatic heterocycles. The molecule has 0 aromatic carbocycles. The van der Waals surface area contributed by atoms with Gasteiger partial charge in [0.15, 0.2) is 0 Å². The summed E-state index contributed by atoms with van der Waals surface area (Å²) >= 11 is 0. The van der Waals surface area contributed by atoms with Crippen LogP contribution < -0.4 is 5.73 Å². The number of rotatable bonds is 5. The predicted octanol–water partition coefficient (Wildman–Crippen LogP) is 2.48. The molecule has 0 amide bonds. The molecule has 0 bridgehead atoms. The number of aliphatic hydroxyl groups is 1. The Bertz CT molecular complexity index is 124. The van der Waals surface area contributed by atoms with Gasteiger partial charge in [-0.05, 0) is 38.0 Å². The molecule has 0 spiro atoms. The summed E-state index contributed by atoms with van der Waals surface area (Å²) in [5, 5.41) is 8.62. The van der Waals surface area contributed by atoms with Crippen LogP contribution in [0.2, 0.25) is 0 Å². The number of nitrogens with two attached hydrogens (primary N) is 1. The van der Waals surface area contributed by atoms with Crippen molar-refractivity contribution in [3.05, 3.63) is 0 Å². The van der Waals surface area contributed by atoms with Crippen molar-refractivity contribution in [2.45, 2.75) is 57.4 Å². The van der Waals surface area contributed by atoms with Crippen LogP contribution in [0.1, 0.15) is 51.4 Å². The fourth-order valence-corrected chi connectivity index (χ4v) is 2.20. The largest absolute Gasteiger partial charge is 0.396 e. The van der Waals surface area contributed by atoms with E-state index in [2.05, 4.69) is 0 Å². The second-order valence-electron chi connectivity index (χ2n) is 4.35. The molecule has 1 saturated carbocycles. The minimum atomic E-state index is 0. The van der Waals surface area contributed by atoms with Gasteiger partial charge in [0.25, 0.3) is 0 Å². The van der Waals surface area contributed by atoms with Gasteiger partial charge in [0, 0.05) is 12.6 Å². The van der Waals surface area contributed by atoms with Crippen LogP contribution in [-0.2, 0) is 0 Å². The van der Waals surface area contributed by atoms with E-state index in [9.17, 15) is 0 Å². The fraction of sp³-hybridized carbons (Fsp3) is 1.00. The van der Waals surface area contributed by atoms with Crippen LogP contribution in [0.5, 0.6) is 0 Å². The second kappa shape index (κ2) is 8.51. The van der Waals surface area contributed by atoms with Crippen LogP contribution in [0.25, 0.3) is 0 Å². The Morgan fingerprint density at radius 3 is 2.21 bits per heavy atom. The predicted molar refractivity (Wildman–Crippen MR) is 62.7 cm³/mol. The highest BCUT2D eigenvalue weighted by Gasteiger charge is 2.17. The van der Waals surface area contributed by atoms with Crippen molar-refractivity contribution in [3.63, 3.8) is 0 Å². The zero-order chi connectivity index (χ0) is 9.52. The third-order valence-electron chi connectivity index (χ3n) is 3.16. The first-order chi connectivity index (χ1) is 6.33. The molecule has 1 aliphatic carbocycles. The molecular formula is C11H24ClNO. The van der Waals surface area contributed by atoms with Gasteiger partial charge in [-0.2, -0.15) is 0 Å². The molecule has 2 nitrogen and oxygen atoms in total. The van der Waals surface area contributed by atoms with Crippen LogP contribution >= 0.6 is 12.4 Å². The molecule has 86 valence electrons. The van der Waals surface area contributed by atoms with Gasteiger partial charge < -0.3 is 10.8 Å². The highest BCUT2D eigenvalue weighted by molar-refractivity contribution is 5.85. The summed E-state index contributed by atoms with van der Waals surface area (Å²) in [5.41, 5.74) is 5.84. The van der Waals surface area contributed by atoms with Crippen LogP contribution in [-0.4, -0.2) is 17.8 Å². The molecule has 1 rings (SSSR count). The average Bonchev–Trinajstić information content (AvgIpc) is 2.15. The monoisotopic (exact) mass is 221 g/mol. The van der Waals surface area contributed by atoms with Crippen LogP contribution in [0.3, 0.4) is 0 Å². The molecule has 1 fully saturated rings. The van der Waals surface area contributed by atoms with Crippen LogP contribution in [0.15, 0.2) is 0 Å². The Balaban J connectivity index is 0.00000169. The lowest BCUT2D eigenvalue weighted by Crippen LogP contribution is -2.26. The number of halogens is 1. The summed E-state index contributed by atoms with van der Waals surface area (Å²) in [4.78, 5) is 0. The Morgan fingerprint density at radius 2 is 1.64 bits per heavy atom. The first-order valence-electron chi connectivity index (χ1n) is 5.69. The van der Waals surface area contributed by atoms with Crippen LogP contribution in [0, 0.1) is 5.92 Å². The minimum absolute atomic E-state index is 0. The summed E-state index contributed by atoms with van der Waals surface area (Å²) in [6.07, 6.45) is 9.94. The molecule has 0 heterocycles. The molecule has 3 heteroatoms. The Hall–Kier alpha value is 0.210. The van der Waals surface area contributed by atoms with Crippen molar-refractivity contribution in [1.82, 2.24) is 0 Å². The van der Waals surface area contributed by atoms with E-state index in [4.69, 9.17) is 10.8 Å². The number of unbranched alkanes of at least 4 members (excludes halogenated alkanes) is 2. The first kappa shape index (κ1) is 14.2. The van der Waals surface area contributed by atoms with Crippen molar-refractivity contribution in [2.24, 2.45) is 11.7 Å². The van der Waals surface area contributed by atoms with Crippen molar-refractivity contribution < 1.29 is 5.11 Å². The van der Waals surface area contributed by atoms with E-state index < -0.39 is 0 Å². The minimum Gasteiger partial charge on any atom is -0.396 e. The molecule has 0 saturated heterocycles. The maximum absolute atomic E-state index is 8.62. The average molecular weight is 222 g/mol. The van der Waals surface area contributed by atoms with Crippen molar-refractivity contribution in [1.29, 1.82) is 0 Å². The summed E-state index contributed by atoms with van der Waals surface area (Å²) in [5.74, 6) is 0.929. The zero-order valence-corrected chi connectivity index (χ0v) is 9.77. The molecule has 0 atom stereocenters. The SMILES string of the molecule is Cl.NC1CCC(CCCCCO)CC1. The highest BCUT2D eigenvalue weighted by atomic mass is 35.5. The van der Waals surface area contributed by atoms with Gasteiger partial charge in [-0.1, -0.05) is 19.3 Å². The molecule has 1 aliphatic rings. The van der Waals surface area contributed by atoms with Gasteiger partial charge in [-0.25, -0.2) is 0 Å². The van der Waals surface area contributed by atoms with E-state index in [1.165, 1.54) is 44.9 Å². The number of aliphatic hydroxyl groups excluding tert-OH is 1. The Morgan fingerprint density at radius 1 is 1.00 bits per heavy atom. The van der Waals surface area contributed by atoms with Gasteiger partial charge in [0.2, 0.25) is 0 Å². The lowest BCUT2D eigenvalue weighted by atomic mass is 9.83. The highest BCUT2D eigenvalue weighted by Crippen LogP contribution is 2.27. The maximum atomic E-state index is 8.62. The van der Waals surface area contributed by atoms with Gasteiger partial charge in [-0.3, -0.25) is 0 Å². The summed E-state index contributed by atoms with van der Waals surface area (Å²) < 4.78 is 0. The topological polar surface area (TPSA) is 46.2 Å². The smallest absolute Gasteiger partial charge is 0.0431 e. The lowest BCUT2D eigenvalue weighted by molar-refractivity contribution is 0.271. The van der Waals surface area contributed by atoms with Crippen molar-refractivity contribution in [3.8, 4) is 0 Å². The molecule has 3 N–H and O–H groups in total. The number of hydrogen-bond acceptors (Lipinski definition) is 2. The fourth-order valence-electron chi connectivity index (χ4n) is 2.20. The first-order valence-corrected chi connectivity index (χ1v) is 5.69. The summed E-state index contributed by atoms with van der Waals surface area (Å²) in [6, 6.07) is 0.480. The summed E-state index contributed by atoms with van der Waals surface area (Å²) in [7, 11) is 0. The van der Waals surface area contributed by atoms with Crippen molar-refractivity contribution in [2.75, 3.05) is 6.61 Å². The van der Waals surface area contributed by atoms with Gasteiger partial charge in [0.1, 0.15) is 0 Å². The second-order valence-corrected chi connectivity index (χ2v) is 4.35. The third kappa shape index (κ3) is 5.84. The Kier molecular flexibility index (Phi) is 8.64. The van der Waals surface area contributed by atoms with E-state index >= 15 is 0 Å². The van der Waals surface area contributed by atoms with Gasteiger partial charge in [-0.15, -0.1) is 12.4 Å². The van der Waals surface area contributed by atoms with Gasteiger partial charge >= 0.3 is 0 Å². The zero-order valence-electron chi connectivity index (χ0n) is 8.95. The van der Waals surface area contributed by atoms with Gasteiger partial charge in [0.05, 0.1) is 0 Å². The standard InChI is InChI=1S/C11H23NO.ClH/c12-11-7-5-10(6-8-11)4-2-1-3-9-13;/h10-11,13H,1-9,12H2;1H. The van der Waals surface area contributed by atoms with E-state index in [1.54, 1.807) is 0 Å². The quantitative estimate of drug-likeness (QED) is 0.701. The lowest BCUT2D eigenvalue weighted by Gasteiger charge is -2.25. The molecular weight excluding hydrogens is 198 g/mol. The van der Waals surface area contributed by atoms with Crippen molar-refractivity contribution >= 4 is 12.4 Å².